The first-order chi connectivity index (χ1) is 7.97. The number of esters is 1. The minimum Gasteiger partial charge on any atom is -0.466 e. The van der Waals surface area contributed by atoms with Gasteiger partial charge in [0.25, 0.3) is 0 Å². The molecule has 0 fully saturated rings. The first kappa shape index (κ1) is 13.8. The fourth-order valence-electron chi connectivity index (χ4n) is 2.36. The van der Waals surface area contributed by atoms with Gasteiger partial charge in [0.2, 0.25) is 0 Å². The first-order valence-electron chi connectivity index (χ1n) is 6.10. The SMILES string of the molecule is COC(=O)C=CC=CC1=C(C)CCCC1(C)C. The molecule has 0 saturated heterocycles. The highest BCUT2D eigenvalue weighted by Gasteiger charge is 2.26. The van der Waals surface area contributed by atoms with E-state index in [-0.39, 0.29) is 11.4 Å². The van der Waals surface area contributed by atoms with Crippen molar-refractivity contribution in [3.63, 3.8) is 0 Å². The first-order valence-corrected chi connectivity index (χ1v) is 6.10. The number of methoxy groups -OCH3 is 1. The monoisotopic (exact) mass is 234 g/mol. The molecule has 2 heteroatoms. The fourth-order valence-corrected chi connectivity index (χ4v) is 2.36. The van der Waals surface area contributed by atoms with E-state index in [4.69, 9.17) is 0 Å². The van der Waals surface area contributed by atoms with Crippen LogP contribution in [0.3, 0.4) is 0 Å². The Morgan fingerprint density at radius 3 is 2.65 bits per heavy atom. The van der Waals surface area contributed by atoms with E-state index in [1.54, 1.807) is 6.08 Å². The van der Waals surface area contributed by atoms with Crippen LogP contribution in [0.4, 0.5) is 0 Å². The smallest absolute Gasteiger partial charge is 0.330 e. The van der Waals surface area contributed by atoms with Gasteiger partial charge in [-0.05, 0) is 37.2 Å². The van der Waals surface area contributed by atoms with Crippen molar-refractivity contribution in [2.45, 2.75) is 40.0 Å². The molecule has 1 aliphatic rings. The van der Waals surface area contributed by atoms with E-state index in [1.807, 2.05) is 6.08 Å². The van der Waals surface area contributed by atoms with E-state index >= 15 is 0 Å². The average molecular weight is 234 g/mol. The quantitative estimate of drug-likeness (QED) is 0.422. The lowest BCUT2D eigenvalue weighted by Crippen LogP contribution is -2.18. The van der Waals surface area contributed by atoms with Gasteiger partial charge in [-0.2, -0.15) is 0 Å². The molecule has 0 aliphatic heterocycles. The number of carbonyl (C=O) groups excluding carboxylic acids is 1. The summed E-state index contributed by atoms with van der Waals surface area (Å²) >= 11 is 0. The van der Waals surface area contributed by atoms with Crippen LogP contribution < -0.4 is 0 Å². The summed E-state index contributed by atoms with van der Waals surface area (Å²) in [6.45, 7) is 6.75. The number of hydrogen-bond acceptors (Lipinski definition) is 2. The number of allylic oxidation sites excluding steroid dienone is 5. The zero-order chi connectivity index (χ0) is 12.9. The fraction of sp³-hybridized carbons (Fsp3) is 0.533. The lowest BCUT2D eigenvalue weighted by Gasteiger charge is -2.32. The molecule has 1 aliphatic carbocycles. The molecule has 0 bridgehead atoms. The van der Waals surface area contributed by atoms with Crippen molar-refractivity contribution in [2.24, 2.45) is 5.41 Å². The maximum atomic E-state index is 10.9. The van der Waals surface area contributed by atoms with Crippen LogP contribution in [0.15, 0.2) is 35.5 Å². The molecule has 0 saturated carbocycles. The summed E-state index contributed by atoms with van der Waals surface area (Å²) in [5, 5.41) is 0. The number of carbonyl (C=O) groups is 1. The summed E-state index contributed by atoms with van der Waals surface area (Å²) in [4.78, 5) is 10.9. The second-order valence-corrected chi connectivity index (χ2v) is 5.17. The molecule has 0 aromatic heterocycles. The summed E-state index contributed by atoms with van der Waals surface area (Å²) in [5.41, 5.74) is 3.11. The van der Waals surface area contributed by atoms with Gasteiger partial charge in [-0.25, -0.2) is 4.79 Å². The number of rotatable bonds is 3. The van der Waals surface area contributed by atoms with Gasteiger partial charge in [0.1, 0.15) is 0 Å². The number of hydrogen-bond donors (Lipinski definition) is 0. The minimum atomic E-state index is -0.316. The Labute approximate surface area is 104 Å². The van der Waals surface area contributed by atoms with E-state index in [9.17, 15) is 4.79 Å². The summed E-state index contributed by atoms with van der Waals surface area (Å²) in [6, 6.07) is 0. The van der Waals surface area contributed by atoms with Crippen LogP contribution in [-0.4, -0.2) is 13.1 Å². The third-order valence-corrected chi connectivity index (χ3v) is 3.35. The van der Waals surface area contributed by atoms with Gasteiger partial charge >= 0.3 is 5.97 Å². The second kappa shape index (κ2) is 5.85. The second-order valence-electron chi connectivity index (χ2n) is 5.17. The summed E-state index contributed by atoms with van der Waals surface area (Å²) < 4.78 is 4.53. The van der Waals surface area contributed by atoms with Gasteiger partial charge in [-0.15, -0.1) is 0 Å². The van der Waals surface area contributed by atoms with Gasteiger partial charge in [0.15, 0.2) is 0 Å². The molecular formula is C15H22O2. The molecule has 17 heavy (non-hydrogen) atoms. The van der Waals surface area contributed by atoms with E-state index in [1.165, 1.54) is 43.6 Å². The molecule has 0 aromatic rings. The largest absolute Gasteiger partial charge is 0.466 e. The summed E-state index contributed by atoms with van der Waals surface area (Å²) in [6.07, 6.45) is 10.9. The van der Waals surface area contributed by atoms with E-state index < -0.39 is 0 Å². The zero-order valence-corrected chi connectivity index (χ0v) is 11.2. The van der Waals surface area contributed by atoms with Gasteiger partial charge < -0.3 is 4.74 Å². The van der Waals surface area contributed by atoms with Crippen molar-refractivity contribution in [3.8, 4) is 0 Å². The highest BCUT2D eigenvalue weighted by Crippen LogP contribution is 2.40. The molecule has 94 valence electrons. The Morgan fingerprint density at radius 2 is 2.06 bits per heavy atom. The van der Waals surface area contributed by atoms with E-state index in [2.05, 4.69) is 31.6 Å². The highest BCUT2D eigenvalue weighted by molar-refractivity contribution is 5.82. The van der Waals surface area contributed by atoms with Gasteiger partial charge in [-0.3, -0.25) is 0 Å². The van der Waals surface area contributed by atoms with Crippen LogP contribution >= 0.6 is 0 Å². The molecule has 0 aromatic carbocycles. The van der Waals surface area contributed by atoms with Crippen molar-refractivity contribution in [3.05, 3.63) is 35.5 Å². The maximum absolute atomic E-state index is 10.9. The van der Waals surface area contributed by atoms with E-state index in [0.29, 0.717) is 0 Å². The molecule has 0 unspecified atom stereocenters. The Hall–Kier alpha value is -1.31. The topological polar surface area (TPSA) is 26.3 Å². The zero-order valence-electron chi connectivity index (χ0n) is 11.2. The Kier molecular flexibility index (Phi) is 4.73. The third kappa shape index (κ3) is 3.88. The van der Waals surface area contributed by atoms with Crippen LogP contribution in [-0.2, 0) is 9.53 Å². The predicted octanol–water partition coefficient (Wildman–Crippen LogP) is 3.80. The highest BCUT2D eigenvalue weighted by atomic mass is 16.5. The van der Waals surface area contributed by atoms with Crippen LogP contribution in [0.25, 0.3) is 0 Å². The standard InChI is InChI=1S/C15H22O2/c1-12-8-7-11-15(2,3)13(12)9-5-6-10-14(16)17-4/h5-6,9-10H,7-8,11H2,1-4H3. The third-order valence-electron chi connectivity index (χ3n) is 3.35. The molecule has 0 atom stereocenters. The average Bonchev–Trinajstić information content (AvgIpc) is 2.26. The summed E-state index contributed by atoms with van der Waals surface area (Å²) in [5.74, 6) is -0.316. The molecular weight excluding hydrogens is 212 g/mol. The summed E-state index contributed by atoms with van der Waals surface area (Å²) in [7, 11) is 1.38. The maximum Gasteiger partial charge on any atom is 0.330 e. The molecule has 0 spiro atoms. The van der Waals surface area contributed by atoms with Crippen molar-refractivity contribution in [2.75, 3.05) is 7.11 Å². The van der Waals surface area contributed by atoms with Gasteiger partial charge in [-0.1, -0.05) is 37.6 Å². The van der Waals surface area contributed by atoms with Crippen LogP contribution in [0.5, 0.6) is 0 Å². The Balaban J connectivity index is 2.75. The number of ether oxygens (including phenoxy) is 1. The van der Waals surface area contributed by atoms with E-state index in [0.717, 1.165) is 0 Å². The lowest BCUT2D eigenvalue weighted by molar-refractivity contribution is -0.134. The van der Waals surface area contributed by atoms with Crippen LogP contribution in [0.1, 0.15) is 40.0 Å². The van der Waals surface area contributed by atoms with Crippen molar-refractivity contribution in [1.82, 2.24) is 0 Å². The van der Waals surface area contributed by atoms with Crippen molar-refractivity contribution in [1.29, 1.82) is 0 Å². The van der Waals surface area contributed by atoms with Crippen molar-refractivity contribution < 1.29 is 9.53 Å². The van der Waals surface area contributed by atoms with Gasteiger partial charge in [0.05, 0.1) is 7.11 Å². The Bertz CT molecular complexity index is 370. The Morgan fingerprint density at radius 1 is 1.35 bits per heavy atom. The van der Waals surface area contributed by atoms with Crippen LogP contribution in [0.2, 0.25) is 0 Å². The van der Waals surface area contributed by atoms with Crippen molar-refractivity contribution >= 4 is 5.97 Å². The molecule has 0 radical (unpaired) electrons. The molecule has 0 N–H and O–H groups in total. The predicted molar refractivity (Wildman–Crippen MR) is 70.6 cm³/mol. The minimum absolute atomic E-state index is 0.248. The molecule has 1 rings (SSSR count). The molecule has 2 nitrogen and oxygen atoms in total. The van der Waals surface area contributed by atoms with Gasteiger partial charge in [0, 0.05) is 6.08 Å². The lowest BCUT2D eigenvalue weighted by atomic mass is 9.73. The molecule has 0 amide bonds. The molecule has 0 heterocycles. The normalized spacial score (nSPS) is 20.2. The van der Waals surface area contributed by atoms with Crippen LogP contribution in [0, 0.1) is 5.41 Å².